The lowest BCUT2D eigenvalue weighted by Crippen LogP contribution is -2.17. The molecule has 120 valence electrons. The maximum Gasteiger partial charge on any atom is 0.275 e. The van der Waals surface area contributed by atoms with Crippen molar-refractivity contribution in [2.24, 2.45) is 5.10 Å². The fraction of sp³-hybridized carbons (Fsp3) is 0. The van der Waals surface area contributed by atoms with Crippen molar-refractivity contribution in [1.29, 1.82) is 0 Å². The molecule has 3 rings (SSSR count). The van der Waals surface area contributed by atoms with Crippen molar-refractivity contribution >= 4 is 22.9 Å². The van der Waals surface area contributed by atoms with Crippen LogP contribution in [0.25, 0.3) is 10.8 Å². The Morgan fingerprint density at radius 3 is 2.38 bits per heavy atom. The third-order valence-electron chi connectivity index (χ3n) is 3.49. The predicted octanol–water partition coefficient (Wildman–Crippen LogP) is 2.72. The topological polar surface area (TPSA) is 102 Å². The van der Waals surface area contributed by atoms with Gasteiger partial charge >= 0.3 is 0 Å². The van der Waals surface area contributed by atoms with Crippen LogP contribution >= 0.6 is 0 Å². The lowest BCUT2D eigenvalue weighted by atomic mass is 10.1. The normalized spacial score (nSPS) is 11.0. The Balaban J connectivity index is 1.81. The van der Waals surface area contributed by atoms with Gasteiger partial charge in [0.25, 0.3) is 5.91 Å². The van der Waals surface area contributed by atoms with Crippen molar-refractivity contribution in [2.45, 2.75) is 0 Å². The Morgan fingerprint density at radius 1 is 0.917 bits per heavy atom. The Hall–Kier alpha value is -3.54. The Labute approximate surface area is 137 Å². The summed E-state index contributed by atoms with van der Waals surface area (Å²) in [6.45, 7) is 0. The highest BCUT2D eigenvalue weighted by atomic mass is 16.3. The zero-order valence-corrected chi connectivity index (χ0v) is 12.5. The van der Waals surface area contributed by atoms with E-state index in [1.54, 1.807) is 6.07 Å². The number of benzene rings is 3. The second-order valence-corrected chi connectivity index (χ2v) is 5.16. The predicted molar refractivity (Wildman–Crippen MR) is 90.4 cm³/mol. The number of fused-ring (bicyclic) bond motifs is 1. The van der Waals surface area contributed by atoms with Crippen molar-refractivity contribution in [1.82, 2.24) is 5.43 Å². The minimum Gasteiger partial charge on any atom is -0.508 e. The first-order chi connectivity index (χ1) is 11.5. The molecule has 0 fully saturated rings. The van der Waals surface area contributed by atoms with E-state index in [9.17, 15) is 20.1 Å². The molecule has 6 heteroatoms. The number of rotatable bonds is 3. The number of aromatic hydroxyl groups is 3. The van der Waals surface area contributed by atoms with Crippen LogP contribution in [0.1, 0.15) is 15.9 Å². The monoisotopic (exact) mass is 322 g/mol. The minimum absolute atomic E-state index is 0.0345. The zero-order chi connectivity index (χ0) is 17.1. The van der Waals surface area contributed by atoms with E-state index in [4.69, 9.17) is 0 Å². The highest BCUT2D eigenvalue weighted by Gasteiger charge is 2.11. The highest BCUT2D eigenvalue weighted by Crippen LogP contribution is 2.25. The van der Waals surface area contributed by atoms with Gasteiger partial charge in [-0.15, -0.1) is 0 Å². The van der Waals surface area contributed by atoms with E-state index in [2.05, 4.69) is 10.5 Å². The van der Waals surface area contributed by atoms with E-state index in [1.807, 2.05) is 24.3 Å². The molecular formula is C18H14N2O4. The molecule has 0 aliphatic heterocycles. The molecule has 3 aromatic carbocycles. The summed E-state index contributed by atoms with van der Waals surface area (Å²) in [5.74, 6) is -0.858. The van der Waals surface area contributed by atoms with Gasteiger partial charge in [0.05, 0.1) is 11.8 Å². The number of amides is 1. The van der Waals surface area contributed by atoms with Gasteiger partial charge < -0.3 is 15.3 Å². The number of phenolic OH excluding ortho intramolecular Hbond substituents is 3. The van der Waals surface area contributed by atoms with Gasteiger partial charge in [-0.3, -0.25) is 4.79 Å². The number of carbonyl (C=O) groups is 1. The fourth-order valence-electron chi connectivity index (χ4n) is 2.28. The van der Waals surface area contributed by atoms with Gasteiger partial charge in [-0.1, -0.05) is 24.3 Å². The van der Waals surface area contributed by atoms with Gasteiger partial charge in [0, 0.05) is 5.56 Å². The summed E-state index contributed by atoms with van der Waals surface area (Å²) in [4.78, 5) is 12.2. The van der Waals surface area contributed by atoms with Gasteiger partial charge in [0.1, 0.15) is 17.2 Å². The summed E-state index contributed by atoms with van der Waals surface area (Å²) in [7, 11) is 0. The molecule has 3 aromatic rings. The summed E-state index contributed by atoms with van der Waals surface area (Å²) in [6, 6.07) is 14.4. The molecule has 0 bridgehead atoms. The van der Waals surface area contributed by atoms with Crippen LogP contribution in [0.15, 0.2) is 59.7 Å². The van der Waals surface area contributed by atoms with E-state index in [1.165, 1.54) is 30.5 Å². The molecule has 0 atom stereocenters. The molecule has 0 radical (unpaired) electrons. The second kappa shape index (κ2) is 6.29. The fourth-order valence-corrected chi connectivity index (χ4v) is 2.28. The van der Waals surface area contributed by atoms with Crippen LogP contribution in [0, 0.1) is 0 Å². The van der Waals surface area contributed by atoms with E-state index >= 15 is 0 Å². The number of hydrogen-bond acceptors (Lipinski definition) is 5. The lowest BCUT2D eigenvalue weighted by molar-refractivity contribution is 0.0952. The zero-order valence-electron chi connectivity index (χ0n) is 12.5. The van der Waals surface area contributed by atoms with Crippen LogP contribution in [-0.2, 0) is 0 Å². The Morgan fingerprint density at radius 2 is 1.62 bits per heavy atom. The van der Waals surface area contributed by atoms with E-state index in [0.29, 0.717) is 0 Å². The Bertz CT molecular complexity index is 951. The molecule has 24 heavy (non-hydrogen) atoms. The number of carbonyl (C=O) groups excluding carboxylic acids is 1. The first-order valence-corrected chi connectivity index (χ1v) is 7.12. The first kappa shape index (κ1) is 15.4. The van der Waals surface area contributed by atoms with Crippen LogP contribution in [-0.4, -0.2) is 27.4 Å². The van der Waals surface area contributed by atoms with Crippen molar-refractivity contribution in [3.63, 3.8) is 0 Å². The molecule has 0 spiro atoms. The molecule has 0 saturated carbocycles. The molecule has 0 heterocycles. The molecule has 4 N–H and O–H groups in total. The average Bonchev–Trinajstić information content (AvgIpc) is 2.57. The average molecular weight is 322 g/mol. The van der Waals surface area contributed by atoms with Crippen molar-refractivity contribution < 1.29 is 20.1 Å². The smallest absolute Gasteiger partial charge is 0.275 e. The summed E-state index contributed by atoms with van der Waals surface area (Å²) in [6.07, 6.45) is 1.20. The lowest BCUT2D eigenvalue weighted by Gasteiger charge is -2.06. The largest absolute Gasteiger partial charge is 0.508 e. The SMILES string of the molecule is O=C(N/N=C/c1cc(O)ccc1O)c1cc2ccccc2cc1O. The van der Waals surface area contributed by atoms with E-state index in [-0.39, 0.29) is 28.4 Å². The summed E-state index contributed by atoms with van der Waals surface area (Å²) < 4.78 is 0. The van der Waals surface area contributed by atoms with Gasteiger partial charge in [-0.05, 0) is 41.1 Å². The molecule has 0 aliphatic rings. The minimum atomic E-state index is -0.589. The van der Waals surface area contributed by atoms with Crippen molar-refractivity contribution in [3.05, 3.63) is 65.7 Å². The summed E-state index contributed by atoms with van der Waals surface area (Å²) >= 11 is 0. The first-order valence-electron chi connectivity index (χ1n) is 7.12. The molecule has 0 saturated heterocycles. The molecule has 1 amide bonds. The molecule has 0 aromatic heterocycles. The van der Waals surface area contributed by atoms with Crippen LogP contribution in [0.4, 0.5) is 0 Å². The molecule has 0 aliphatic carbocycles. The van der Waals surface area contributed by atoms with Crippen LogP contribution < -0.4 is 5.43 Å². The summed E-state index contributed by atoms with van der Waals surface area (Å²) in [5.41, 5.74) is 2.61. The molecular weight excluding hydrogens is 308 g/mol. The molecule has 6 nitrogen and oxygen atoms in total. The van der Waals surface area contributed by atoms with Crippen LogP contribution in [0.2, 0.25) is 0 Å². The van der Waals surface area contributed by atoms with Crippen molar-refractivity contribution in [3.8, 4) is 17.2 Å². The maximum absolute atomic E-state index is 12.2. The van der Waals surface area contributed by atoms with Gasteiger partial charge in [-0.25, -0.2) is 5.43 Å². The third-order valence-corrected chi connectivity index (χ3v) is 3.49. The van der Waals surface area contributed by atoms with Gasteiger partial charge in [0.15, 0.2) is 0 Å². The van der Waals surface area contributed by atoms with E-state index in [0.717, 1.165) is 10.8 Å². The van der Waals surface area contributed by atoms with Gasteiger partial charge in [0.2, 0.25) is 0 Å². The standard InChI is InChI=1S/C18H14N2O4/c21-14-5-6-16(22)13(7-14)10-19-20-18(24)15-8-11-3-1-2-4-12(11)9-17(15)23/h1-10,21-23H,(H,20,24)/b19-10+. The summed E-state index contributed by atoms with van der Waals surface area (Å²) in [5, 5.41) is 34.4. The van der Waals surface area contributed by atoms with Gasteiger partial charge in [-0.2, -0.15) is 5.10 Å². The number of nitrogens with zero attached hydrogens (tertiary/aromatic N) is 1. The highest BCUT2D eigenvalue weighted by molar-refractivity contribution is 6.01. The number of hydrazone groups is 1. The number of hydrogen-bond donors (Lipinski definition) is 4. The number of phenols is 3. The van der Waals surface area contributed by atoms with Crippen LogP contribution in [0.3, 0.4) is 0 Å². The van der Waals surface area contributed by atoms with Crippen LogP contribution in [0.5, 0.6) is 17.2 Å². The molecule has 0 unspecified atom stereocenters. The maximum atomic E-state index is 12.2. The van der Waals surface area contributed by atoms with E-state index < -0.39 is 5.91 Å². The Kier molecular flexibility index (Phi) is 4.03. The second-order valence-electron chi connectivity index (χ2n) is 5.16. The quantitative estimate of drug-likeness (QED) is 0.338. The van der Waals surface area contributed by atoms with Crippen molar-refractivity contribution in [2.75, 3.05) is 0 Å². The third kappa shape index (κ3) is 3.12. The number of nitrogens with one attached hydrogen (secondary N) is 1.